The Morgan fingerprint density at radius 3 is 2.09 bits per heavy atom. The van der Waals surface area contributed by atoms with E-state index in [2.05, 4.69) is 106 Å². The van der Waals surface area contributed by atoms with Crippen LogP contribution >= 0.6 is 12.6 Å². The monoisotopic (exact) mass is 479 g/mol. The molecular weight excluding hydrogens is 434 g/mol. The van der Waals surface area contributed by atoms with Crippen LogP contribution in [0.25, 0.3) is 0 Å². The van der Waals surface area contributed by atoms with Gasteiger partial charge < -0.3 is 10.6 Å². The predicted molar refractivity (Wildman–Crippen MR) is 158 cm³/mol. The summed E-state index contributed by atoms with van der Waals surface area (Å²) in [5.74, 6) is 2.05. The fourth-order valence-corrected chi connectivity index (χ4v) is 3.48. The predicted octanol–water partition coefficient (Wildman–Crippen LogP) is 7.68. The molecule has 186 valence electrons. The highest BCUT2D eigenvalue weighted by Crippen LogP contribution is 2.36. The molecule has 0 bridgehead atoms. The lowest BCUT2D eigenvalue weighted by Crippen LogP contribution is -1.99. The zero-order chi connectivity index (χ0) is 26.4. The van der Waals surface area contributed by atoms with Crippen molar-refractivity contribution >= 4 is 18.4 Å². The molecule has 34 heavy (non-hydrogen) atoms. The lowest BCUT2D eigenvalue weighted by atomic mass is 9.90. The summed E-state index contributed by atoms with van der Waals surface area (Å²) in [6.45, 7) is 16.6. The molecule has 1 heterocycles. The number of benzene rings is 1. The van der Waals surface area contributed by atoms with Gasteiger partial charge in [0.25, 0.3) is 0 Å². The Hall–Kier alpha value is -2.74. The van der Waals surface area contributed by atoms with Crippen molar-refractivity contribution in [2.75, 3.05) is 25.2 Å². The molecule has 1 unspecified atom stereocenters. The molecule has 1 aromatic carbocycles. The van der Waals surface area contributed by atoms with E-state index in [1.807, 2.05) is 32.3 Å². The summed E-state index contributed by atoms with van der Waals surface area (Å²) in [7, 11) is 3.75. The van der Waals surface area contributed by atoms with Crippen LogP contribution in [-0.4, -0.2) is 24.8 Å². The van der Waals surface area contributed by atoms with Gasteiger partial charge in [-0.1, -0.05) is 61.9 Å². The first-order valence-corrected chi connectivity index (χ1v) is 12.3. The number of anilines is 1. The third kappa shape index (κ3) is 13.7. The summed E-state index contributed by atoms with van der Waals surface area (Å²) in [4.78, 5) is 4.06. The smallest absolute Gasteiger partial charge is 0.130 e. The number of nitrogens with one attached hydrogen (secondary N) is 2. The van der Waals surface area contributed by atoms with Gasteiger partial charge >= 0.3 is 0 Å². The van der Waals surface area contributed by atoms with Crippen LogP contribution in [-0.2, 0) is 6.42 Å². The molecule has 0 saturated heterocycles. The van der Waals surface area contributed by atoms with Crippen LogP contribution < -0.4 is 10.6 Å². The summed E-state index contributed by atoms with van der Waals surface area (Å²) in [5.41, 5.74) is 7.09. The molecule has 0 aliphatic heterocycles. The maximum absolute atomic E-state index is 4.06. The quantitative estimate of drug-likeness (QED) is 0.226. The standard InChI is InChI=1S/C16H22.C8H10N2S.C2H7N.C2H4.C2H2/c1-4-14-8-10-15(11-9-14)13(3)16-7-5-6-12(16)2;1-7(6-11)10-8-4-2-3-5-9-8;1-3-2;2*1-2/h8-11,13H,4-7H2,1-3H3;2-5,11H,1,6H2,(H,9,10);3H,1-2H3;1-2H2;1-2H. The first-order valence-electron chi connectivity index (χ1n) is 11.6. The highest BCUT2D eigenvalue weighted by molar-refractivity contribution is 7.80. The minimum Gasteiger partial charge on any atom is -0.344 e. The van der Waals surface area contributed by atoms with Crippen molar-refractivity contribution < 1.29 is 0 Å². The summed E-state index contributed by atoms with van der Waals surface area (Å²) in [5, 5.41) is 5.76. The molecule has 0 spiro atoms. The first-order chi connectivity index (χ1) is 16.5. The number of terminal acetylenes is 1. The van der Waals surface area contributed by atoms with Gasteiger partial charge in [0.1, 0.15) is 5.82 Å². The molecule has 0 amide bonds. The average Bonchev–Trinajstić information content (AvgIpc) is 3.33. The van der Waals surface area contributed by atoms with E-state index in [9.17, 15) is 0 Å². The van der Waals surface area contributed by atoms with Gasteiger partial charge in [0.2, 0.25) is 0 Å². The van der Waals surface area contributed by atoms with Crippen molar-refractivity contribution in [3.63, 3.8) is 0 Å². The van der Waals surface area contributed by atoms with Gasteiger partial charge in [0.15, 0.2) is 0 Å². The Labute approximate surface area is 215 Å². The first kappa shape index (κ1) is 33.4. The van der Waals surface area contributed by atoms with Crippen LogP contribution in [0.3, 0.4) is 0 Å². The summed E-state index contributed by atoms with van der Waals surface area (Å²) < 4.78 is 0. The van der Waals surface area contributed by atoms with Gasteiger partial charge in [0.05, 0.1) is 0 Å². The van der Waals surface area contributed by atoms with Crippen molar-refractivity contribution in [3.8, 4) is 12.8 Å². The van der Waals surface area contributed by atoms with Gasteiger partial charge in [-0.2, -0.15) is 12.6 Å². The molecule has 0 radical (unpaired) electrons. The number of pyridine rings is 1. The van der Waals surface area contributed by atoms with Crippen molar-refractivity contribution in [1.29, 1.82) is 0 Å². The fraction of sp³-hybridized carbons (Fsp3) is 0.367. The van der Waals surface area contributed by atoms with E-state index in [-0.39, 0.29) is 0 Å². The molecule has 0 fully saturated rings. The maximum Gasteiger partial charge on any atom is 0.130 e. The highest BCUT2D eigenvalue weighted by Gasteiger charge is 2.18. The van der Waals surface area contributed by atoms with Crippen molar-refractivity contribution in [2.45, 2.75) is 52.4 Å². The molecule has 1 atom stereocenters. The Morgan fingerprint density at radius 1 is 1.09 bits per heavy atom. The normalized spacial score (nSPS) is 12.1. The number of nitrogens with zero attached hydrogens (tertiary/aromatic N) is 1. The summed E-state index contributed by atoms with van der Waals surface area (Å²) in [6.07, 6.45) is 14.8. The van der Waals surface area contributed by atoms with Crippen LogP contribution in [0.15, 0.2) is 85.2 Å². The van der Waals surface area contributed by atoms with Crippen molar-refractivity contribution in [2.24, 2.45) is 0 Å². The zero-order valence-corrected chi connectivity index (χ0v) is 22.8. The highest BCUT2D eigenvalue weighted by atomic mass is 32.1. The fourth-order valence-electron chi connectivity index (χ4n) is 3.40. The molecule has 1 aliphatic rings. The Kier molecular flexibility index (Phi) is 21.7. The van der Waals surface area contributed by atoms with Crippen molar-refractivity contribution in [1.82, 2.24) is 10.3 Å². The van der Waals surface area contributed by atoms with E-state index in [1.165, 1.54) is 30.4 Å². The van der Waals surface area contributed by atoms with E-state index in [0.29, 0.717) is 11.7 Å². The van der Waals surface area contributed by atoms with E-state index < -0.39 is 0 Å². The zero-order valence-electron chi connectivity index (χ0n) is 21.9. The van der Waals surface area contributed by atoms with E-state index >= 15 is 0 Å². The number of thiol groups is 1. The van der Waals surface area contributed by atoms with Gasteiger partial charge in [0, 0.05) is 23.6 Å². The van der Waals surface area contributed by atoms with Crippen LogP contribution in [0.1, 0.15) is 57.1 Å². The average molecular weight is 480 g/mol. The van der Waals surface area contributed by atoms with E-state index in [0.717, 1.165) is 17.9 Å². The van der Waals surface area contributed by atoms with E-state index in [4.69, 9.17) is 0 Å². The Morgan fingerprint density at radius 2 is 1.68 bits per heavy atom. The lowest BCUT2D eigenvalue weighted by molar-refractivity contribution is 0.811. The van der Waals surface area contributed by atoms with Crippen molar-refractivity contribution in [3.05, 3.63) is 96.4 Å². The van der Waals surface area contributed by atoms with Gasteiger partial charge in [-0.15, -0.1) is 26.0 Å². The number of aromatic nitrogens is 1. The molecule has 3 rings (SSSR count). The largest absolute Gasteiger partial charge is 0.344 e. The molecule has 1 aliphatic carbocycles. The second-order valence-corrected chi connectivity index (χ2v) is 7.89. The molecule has 0 saturated carbocycles. The molecule has 2 N–H and O–H groups in total. The number of hydrogen-bond donors (Lipinski definition) is 3. The topological polar surface area (TPSA) is 37.0 Å². The SMILES string of the molecule is C#C.C=C.C=C(CS)Nc1ccccn1.CCc1ccc(C(C)C2=C(C)CCC2)cc1.CNC. The molecule has 2 aromatic rings. The van der Waals surface area contributed by atoms with Crippen LogP contribution in [0.5, 0.6) is 0 Å². The minimum absolute atomic E-state index is 0.619. The van der Waals surface area contributed by atoms with Gasteiger partial charge in [-0.3, -0.25) is 0 Å². The molecular formula is C30H45N3S. The van der Waals surface area contributed by atoms with Crippen LogP contribution in [0.4, 0.5) is 5.82 Å². The molecule has 4 heteroatoms. The van der Waals surface area contributed by atoms with Crippen LogP contribution in [0, 0.1) is 12.8 Å². The second-order valence-electron chi connectivity index (χ2n) is 7.58. The molecule has 3 nitrogen and oxygen atoms in total. The van der Waals surface area contributed by atoms with E-state index in [1.54, 1.807) is 17.3 Å². The maximum atomic E-state index is 4.06. The van der Waals surface area contributed by atoms with Gasteiger partial charge in [-0.05, 0) is 70.0 Å². The third-order valence-corrected chi connectivity index (χ3v) is 5.50. The summed E-state index contributed by atoms with van der Waals surface area (Å²) in [6, 6.07) is 14.8. The number of aryl methyl sites for hydroxylation is 1. The Balaban J connectivity index is 0. The minimum atomic E-state index is 0.619. The van der Waals surface area contributed by atoms with Gasteiger partial charge in [-0.25, -0.2) is 4.98 Å². The van der Waals surface area contributed by atoms with Crippen LogP contribution in [0.2, 0.25) is 0 Å². The number of rotatable bonds is 6. The lowest BCUT2D eigenvalue weighted by Gasteiger charge is -2.15. The Bertz CT molecular complexity index is 823. The second kappa shape index (κ2) is 22.1. The summed E-state index contributed by atoms with van der Waals surface area (Å²) >= 11 is 4.06. The molecule has 1 aromatic heterocycles. The number of hydrogen-bond acceptors (Lipinski definition) is 4. The number of allylic oxidation sites excluding steroid dienone is 2. The third-order valence-electron chi connectivity index (χ3n) is 5.12.